The largest absolute Gasteiger partial charge is 0.494 e. The number of aromatic nitrogens is 4. The SMILES string of the molecule is COc1ccc(-c2cc(C)[nH]n2)c2c(N)nc(Sc3ccc(NS(C)(=O)=O)cc3)nc12. The molecule has 0 aliphatic heterocycles. The van der Waals surface area contributed by atoms with Gasteiger partial charge in [-0.2, -0.15) is 5.10 Å². The van der Waals surface area contributed by atoms with Gasteiger partial charge in [-0.3, -0.25) is 9.82 Å². The Hall–Kier alpha value is -3.31. The van der Waals surface area contributed by atoms with Crippen molar-refractivity contribution in [3.05, 3.63) is 48.2 Å². The molecule has 0 aliphatic carbocycles. The average Bonchev–Trinajstić information content (AvgIpc) is 3.14. The van der Waals surface area contributed by atoms with E-state index < -0.39 is 10.0 Å². The number of hydrogen-bond acceptors (Lipinski definition) is 8. The van der Waals surface area contributed by atoms with Gasteiger partial charge >= 0.3 is 0 Å². The van der Waals surface area contributed by atoms with Crippen molar-refractivity contribution >= 4 is 44.2 Å². The second-order valence-corrected chi connectivity index (χ2v) is 9.66. The summed E-state index contributed by atoms with van der Waals surface area (Å²) in [6, 6.07) is 12.5. The molecule has 2 aromatic heterocycles. The number of ether oxygens (including phenoxy) is 1. The number of rotatable bonds is 6. The lowest BCUT2D eigenvalue weighted by Crippen LogP contribution is -2.09. The zero-order valence-electron chi connectivity index (χ0n) is 17.0. The number of nitrogen functional groups attached to an aromatic ring is 1. The molecule has 2 heterocycles. The van der Waals surface area contributed by atoms with Gasteiger partial charge in [0.2, 0.25) is 10.0 Å². The number of aryl methyl sites for hydroxylation is 1. The first-order valence-electron chi connectivity index (χ1n) is 9.16. The van der Waals surface area contributed by atoms with Gasteiger partial charge < -0.3 is 10.5 Å². The molecule has 0 aliphatic rings. The van der Waals surface area contributed by atoms with Crippen molar-refractivity contribution in [2.45, 2.75) is 17.0 Å². The van der Waals surface area contributed by atoms with E-state index in [9.17, 15) is 8.42 Å². The molecule has 4 rings (SSSR count). The zero-order chi connectivity index (χ0) is 22.2. The molecular formula is C20H20N6O3S2. The standard InChI is InChI=1S/C20H20N6O3S2/c1-11-10-15(25-24-11)14-8-9-16(29-2)18-17(14)19(21)23-20(22-18)30-13-6-4-12(5-7-13)26-31(3,27)28/h4-10,26H,1-3H3,(H,24,25)(H2,21,22,23). The lowest BCUT2D eigenvalue weighted by Gasteiger charge is -2.12. The molecule has 0 amide bonds. The maximum Gasteiger partial charge on any atom is 0.229 e. The second-order valence-electron chi connectivity index (χ2n) is 6.87. The molecule has 0 spiro atoms. The molecule has 0 saturated carbocycles. The number of nitrogens with one attached hydrogen (secondary N) is 2. The molecule has 0 bridgehead atoms. The van der Waals surface area contributed by atoms with Crippen molar-refractivity contribution in [1.82, 2.24) is 20.2 Å². The lowest BCUT2D eigenvalue weighted by atomic mass is 10.0. The van der Waals surface area contributed by atoms with Crippen molar-refractivity contribution < 1.29 is 13.2 Å². The normalized spacial score (nSPS) is 11.6. The van der Waals surface area contributed by atoms with E-state index in [-0.39, 0.29) is 0 Å². The van der Waals surface area contributed by atoms with Gasteiger partial charge in [-0.15, -0.1) is 0 Å². The van der Waals surface area contributed by atoms with Crippen molar-refractivity contribution in [3.63, 3.8) is 0 Å². The van der Waals surface area contributed by atoms with Crippen molar-refractivity contribution in [2.24, 2.45) is 0 Å². The van der Waals surface area contributed by atoms with Gasteiger partial charge in [-0.1, -0.05) is 0 Å². The highest BCUT2D eigenvalue weighted by Crippen LogP contribution is 2.37. The van der Waals surface area contributed by atoms with Crippen LogP contribution in [0.25, 0.3) is 22.2 Å². The molecule has 31 heavy (non-hydrogen) atoms. The minimum atomic E-state index is -3.33. The molecule has 0 fully saturated rings. The van der Waals surface area contributed by atoms with E-state index in [1.165, 1.54) is 11.8 Å². The van der Waals surface area contributed by atoms with Gasteiger partial charge in [-0.25, -0.2) is 18.4 Å². The number of nitrogens with zero attached hydrogens (tertiary/aromatic N) is 3. The van der Waals surface area contributed by atoms with Crippen LogP contribution in [0.1, 0.15) is 5.69 Å². The number of benzene rings is 2. The lowest BCUT2D eigenvalue weighted by molar-refractivity contribution is 0.418. The van der Waals surface area contributed by atoms with Gasteiger partial charge in [0.15, 0.2) is 5.16 Å². The summed E-state index contributed by atoms with van der Waals surface area (Å²) in [5, 5.41) is 8.37. The molecule has 0 saturated heterocycles. The van der Waals surface area contributed by atoms with E-state index in [4.69, 9.17) is 10.5 Å². The average molecular weight is 457 g/mol. The Morgan fingerprint density at radius 1 is 1.13 bits per heavy atom. The number of fused-ring (bicyclic) bond motifs is 1. The summed E-state index contributed by atoms with van der Waals surface area (Å²) in [6.07, 6.45) is 1.10. The molecule has 4 aromatic rings. The minimum absolute atomic E-state index is 0.317. The van der Waals surface area contributed by atoms with Crippen LogP contribution in [0.15, 0.2) is 52.5 Å². The fraction of sp³-hybridized carbons (Fsp3) is 0.150. The van der Waals surface area contributed by atoms with Crippen LogP contribution in [-0.2, 0) is 10.0 Å². The number of hydrogen-bond donors (Lipinski definition) is 3. The van der Waals surface area contributed by atoms with Gasteiger partial charge in [0, 0.05) is 21.8 Å². The van der Waals surface area contributed by atoms with E-state index in [0.717, 1.165) is 28.1 Å². The van der Waals surface area contributed by atoms with E-state index in [1.807, 2.05) is 25.1 Å². The van der Waals surface area contributed by atoms with Crippen molar-refractivity contribution in [3.8, 4) is 17.0 Å². The second kappa shape index (κ2) is 8.08. The summed E-state index contributed by atoms with van der Waals surface area (Å²) >= 11 is 1.31. The maximum absolute atomic E-state index is 11.4. The van der Waals surface area contributed by atoms with Crippen LogP contribution in [-0.4, -0.2) is 41.9 Å². The molecule has 2 aromatic carbocycles. The minimum Gasteiger partial charge on any atom is -0.494 e. The van der Waals surface area contributed by atoms with E-state index >= 15 is 0 Å². The summed E-state index contributed by atoms with van der Waals surface area (Å²) in [5.41, 5.74) is 9.89. The van der Waals surface area contributed by atoms with Crippen molar-refractivity contribution in [1.29, 1.82) is 0 Å². The molecule has 4 N–H and O–H groups in total. The van der Waals surface area contributed by atoms with Gasteiger partial charge in [0.25, 0.3) is 0 Å². The van der Waals surface area contributed by atoms with Crippen molar-refractivity contribution in [2.75, 3.05) is 23.8 Å². The quantitative estimate of drug-likeness (QED) is 0.375. The first-order valence-corrected chi connectivity index (χ1v) is 11.9. The first-order chi connectivity index (χ1) is 14.7. The number of methoxy groups -OCH3 is 1. The van der Waals surface area contributed by atoms with Crippen LogP contribution >= 0.6 is 11.8 Å². The van der Waals surface area contributed by atoms with Gasteiger partial charge in [0.1, 0.15) is 17.1 Å². The summed E-state index contributed by atoms with van der Waals surface area (Å²) in [4.78, 5) is 9.98. The molecule has 0 unspecified atom stereocenters. The maximum atomic E-state index is 11.4. The number of aromatic amines is 1. The highest BCUT2D eigenvalue weighted by atomic mass is 32.2. The highest BCUT2D eigenvalue weighted by Gasteiger charge is 2.17. The van der Waals surface area contributed by atoms with Crippen LogP contribution in [0.2, 0.25) is 0 Å². The molecule has 11 heteroatoms. The van der Waals surface area contributed by atoms with Crippen LogP contribution in [0.3, 0.4) is 0 Å². The van der Waals surface area contributed by atoms with Crippen LogP contribution in [0.4, 0.5) is 11.5 Å². The number of sulfonamides is 1. The first kappa shape index (κ1) is 20.9. The summed E-state index contributed by atoms with van der Waals surface area (Å²) in [5.74, 6) is 0.895. The Kier molecular flexibility index (Phi) is 5.46. The summed E-state index contributed by atoms with van der Waals surface area (Å²) in [7, 11) is -1.76. The highest BCUT2D eigenvalue weighted by molar-refractivity contribution is 7.99. The predicted octanol–water partition coefficient (Wildman–Crippen LogP) is 3.44. The Morgan fingerprint density at radius 2 is 1.87 bits per heavy atom. The number of nitrogens with two attached hydrogens (primary N) is 1. The summed E-state index contributed by atoms with van der Waals surface area (Å²) in [6.45, 7) is 1.92. The zero-order valence-corrected chi connectivity index (χ0v) is 18.6. The smallest absolute Gasteiger partial charge is 0.229 e. The van der Waals surface area contributed by atoms with Crippen LogP contribution < -0.4 is 15.2 Å². The predicted molar refractivity (Wildman–Crippen MR) is 122 cm³/mol. The van der Waals surface area contributed by atoms with Crippen LogP contribution in [0, 0.1) is 6.92 Å². The van der Waals surface area contributed by atoms with Gasteiger partial charge in [0.05, 0.1) is 24.4 Å². The Morgan fingerprint density at radius 3 is 2.48 bits per heavy atom. The van der Waals surface area contributed by atoms with Crippen LogP contribution in [0.5, 0.6) is 5.75 Å². The number of anilines is 2. The Labute approximate surface area is 183 Å². The van der Waals surface area contributed by atoms with E-state index in [1.54, 1.807) is 31.4 Å². The molecule has 160 valence electrons. The fourth-order valence-corrected chi connectivity index (χ4v) is 4.44. The van der Waals surface area contributed by atoms with E-state index in [0.29, 0.717) is 33.3 Å². The van der Waals surface area contributed by atoms with E-state index in [2.05, 4.69) is 24.9 Å². The topological polar surface area (TPSA) is 136 Å². The number of H-pyrrole nitrogens is 1. The molecule has 9 nitrogen and oxygen atoms in total. The molecule has 0 radical (unpaired) electrons. The Balaban J connectivity index is 1.73. The fourth-order valence-electron chi connectivity index (χ4n) is 3.11. The van der Waals surface area contributed by atoms with Gasteiger partial charge in [-0.05, 0) is 61.2 Å². The third-order valence-corrected chi connectivity index (χ3v) is 5.87. The molecular weight excluding hydrogens is 436 g/mol. The molecule has 0 atom stereocenters. The third kappa shape index (κ3) is 4.57. The summed E-state index contributed by atoms with van der Waals surface area (Å²) < 4.78 is 30.7. The monoisotopic (exact) mass is 456 g/mol. The third-order valence-electron chi connectivity index (χ3n) is 4.39. The Bertz CT molecular complexity index is 1370.